The fourth-order valence-electron chi connectivity index (χ4n) is 8.39. The van der Waals surface area contributed by atoms with E-state index in [0.29, 0.717) is 6.54 Å². The lowest BCUT2D eigenvalue weighted by atomic mass is 9.98. The molecule has 0 radical (unpaired) electrons. The van der Waals surface area contributed by atoms with Crippen LogP contribution in [0, 0.1) is 5.92 Å². The van der Waals surface area contributed by atoms with Crippen molar-refractivity contribution in [1.82, 2.24) is 46.6 Å². The molecule has 74 heavy (non-hydrogen) atoms. The third kappa shape index (κ3) is 17.0. The number of carbonyl (C=O) groups excluding carboxylic acids is 8. The molecular weight excluding hydrogens is 1010 g/mol. The van der Waals surface area contributed by atoms with Gasteiger partial charge in [0.05, 0.1) is 43.0 Å². The Morgan fingerprint density at radius 2 is 1.47 bits per heavy atom. The predicted molar refractivity (Wildman–Crippen MR) is 253 cm³/mol. The Hall–Kier alpha value is -5.99. The summed E-state index contributed by atoms with van der Waals surface area (Å²) < 4.78 is 42.0. The largest absolute Gasteiger partial charge is 0.504 e. The summed E-state index contributed by atoms with van der Waals surface area (Å²) in [6, 6.07) is -8.94. The topological polar surface area (TPSA) is 433 Å². The maximum absolute atomic E-state index is 14.7. The van der Waals surface area contributed by atoms with E-state index in [1.807, 2.05) is 0 Å². The number of rotatable bonds is 13. The maximum Gasteiger partial charge on any atom is 0.446 e. The lowest BCUT2D eigenvalue weighted by Gasteiger charge is -2.34. The van der Waals surface area contributed by atoms with Gasteiger partial charge in [0.15, 0.2) is 11.5 Å². The van der Waals surface area contributed by atoms with Crippen LogP contribution in [-0.2, 0) is 55.1 Å². The van der Waals surface area contributed by atoms with Gasteiger partial charge >= 0.3 is 16.5 Å². The van der Waals surface area contributed by atoms with Crippen molar-refractivity contribution in [3.8, 4) is 11.5 Å². The van der Waals surface area contributed by atoms with Crippen LogP contribution in [0.25, 0.3) is 0 Å². The van der Waals surface area contributed by atoms with E-state index < -0.39 is 199 Å². The first-order valence-electron chi connectivity index (χ1n) is 23.5. The van der Waals surface area contributed by atoms with Gasteiger partial charge in [-0.25, -0.2) is 4.79 Å². The quantitative estimate of drug-likeness (QED) is 0.0817. The molecule has 1 aromatic carbocycles. The lowest BCUT2D eigenvalue weighted by molar-refractivity contribution is -0.147. The highest BCUT2D eigenvalue weighted by Crippen LogP contribution is 2.30. The molecule has 3 fully saturated rings. The van der Waals surface area contributed by atoms with Crippen LogP contribution in [0.15, 0.2) is 18.2 Å². The van der Waals surface area contributed by atoms with Crippen molar-refractivity contribution >= 4 is 57.8 Å². The normalized spacial score (nSPS) is 28.3. The van der Waals surface area contributed by atoms with Gasteiger partial charge in [0, 0.05) is 57.9 Å². The fourth-order valence-corrected chi connectivity index (χ4v) is 8.75. The van der Waals surface area contributed by atoms with Crippen LogP contribution in [0.1, 0.15) is 59.4 Å². The highest BCUT2D eigenvalue weighted by molar-refractivity contribution is 7.81. The highest BCUT2D eigenvalue weighted by Gasteiger charge is 2.50. The van der Waals surface area contributed by atoms with E-state index in [9.17, 15) is 87.1 Å². The van der Waals surface area contributed by atoms with E-state index in [1.54, 1.807) is 19.0 Å². The number of fused-ring (bicyclic) bond motifs is 2. The van der Waals surface area contributed by atoms with Crippen LogP contribution >= 0.6 is 0 Å². The van der Waals surface area contributed by atoms with Crippen molar-refractivity contribution in [2.45, 2.75) is 139 Å². The Morgan fingerprint density at radius 3 is 2.08 bits per heavy atom. The number of hydrogen-bond donors (Lipinski definition) is 14. The molecule has 29 nitrogen and oxygen atoms in total. The number of aromatic hydroxyl groups is 1. The highest BCUT2D eigenvalue weighted by atomic mass is 32.3. The molecule has 1 aromatic rings. The van der Waals surface area contributed by atoms with E-state index in [2.05, 4.69) is 36.1 Å². The molecule has 3 aliphatic heterocycles. The zero-order valence-electron chi connectivity index (χ0n) is 41.8. The van der Waals surface area contributed by atoms with Crippen LogP contribution < -0.4 is 36.1 Å². The minimum Gasteiger partial charge on any atom is -0.504 e. The van der Waals surface area contributed by atoms with Gasteiger partial charge in [0.2, 0.25) is 41.4 Å². The number of amides is 8. The number of alkyl carbamates (subject to hydrolysis) is 1. The van der Waals surface area contributed by atoms with Gasteiger partial charge in [0.1, 0.15) is 41.9 Å². The number of phenolic OH excluding ortho intramolecular Hbond substituents is 1. The first-order valence-corrected chi connectivity index (χ1v) is 24.9. The average Bonchev–Trinajstić information content (AvgIpc) is 3.82. The molecule has 0 saturated carbocycles. The van der Waals surface area contributed by atoms with Crippen LogP contribution in [-0.4, -0.2) is 236 Å². The summed E-state index contributed by atoms with van der Waals surface area (Å²) in [5, 5.41) is 91.9. The predicted octanol–water partition coefficient (Wildman–Crippen LogP) is -6.32. The van der Waals surface area contributed by atoms with Crippen molar-refractivity contribution in [3.05, 3.63) is 23.8 Å². The van der Waals surface area contributed by atoms with Gasteiger partial charge in [0.25, 0.3) is 0 Å². The molecule has 3 saturated heterocycles. The Bertz CT molecular complexity index is 2340. The van der Waals surface area contributed by atoms with E-state index >= 15 is 0 Å². The molecule has 4 rings (SSSR count). The zero-order chi connectivity index (χ0) is 55.7. The summed E-state index contributed by atoms with van der Waals surface area (Å²) in [6.07, 6.45) is -14.9. The molecule has 0 spiro atoms. The SMILES string of the molecule is C[C@@H](O)C1NC(=O)[C@H](NC(=O)OC(C)(C)C)C[C@@H](O)CNC(=O)[C@@H]2[C@@H](O)[C@@H](C)CN2C(=O)[C@H]([C@H](O)CC(=O)NCCN(C)C)NC(=O)[C@H]([C@H](O)Cc2ccc(O)c(OS(=O)(=O)O)c2)NC(=O)[C@@H]2C[C@@H](O)CN2C1=O. The summed E-state index contributed by atoms with van der Waals surface area (Å²) in [4.78, 5) is 115. The van der Waals surface area contributed by atoms with E-state index in [1.165, 1.54) is 27.7 Å². The van der Waals surface area contributed by atoms with Crippen molar-refractivity contribution in [1.29, 1.82) is 0 Å². The van der Waals surface area contributed by atoms with Gasteiger partial charge in [-0.3, -0.25) is 38.1 Å². The van der Waals surface area contributed by atoms with Crippen molar-refractivity contribution in [2.24, 2.45) is 5.92 Å². The second-order valence-electron chi connectivity index (χ2n) is 19.8. The Morgan fingerprint density at radius 1 is 0.851 bits per heavy atom. The van der Waals surface area contributed by atoms with Crippen molar-refractivity contribution in [3.63, 3.8) is 0 Å². The number of aliphatic hydroxyl groups excluding tert-OH is 6. The number of nitrogens with one attached hydrogen (secondary N) is 6. The second-order valence-corrected chi connectivity index (χ2v) is 20.9. The van der Waals surface area contributed by atoms with E-state index in [0.717, 1.165) is 34.9 Å². The molecule has 3 aliphatic rings. The number of benzene rings is 1. The third-order valence-electron chi connectivity index (χ3n) is 12.1. The second kappa shape index (κ2) is 25.5. The number of ether oxygens (including phenoxy) is 1. The summed E-state index contributed by atoms with van der Waals surface area (Å²) in [5.74, 6) is -10.9. The molecule has 0 aliphatic carbocycles. The molecule has 1 unspecified atom stereocenters. The minimum absolute atomic E-state index is 0.0669. The Labute approximate surface area is 426 Å². The molecule has 30 heteroatoms. The van der Waals surface area contributed by atoms with Crippen molar-refractivity contribution in [2.75, 3.05) is 46.8 Å². The number of carbonyl (C=O) groups is 8. The third-order valence-corrected chi connectivity index (χ3v) is 12.5. The first-order chi connectivity index (χ1) is 34.3. The number of phenols is 1. The molecule has 8 amide bonds. The van der Waals surface area contributed by atoms with Gasteiger partial charge in [-0.2, -0.15) is 8.42 Å². The van der Waals surface area contributed by atoms with Gasteiger partial charge in [-0.05, 0) is 59.5 Å². The molecule has 416 valence electrons. The van der Waals surface area contributed by atoms with Crippen LogP contribution in [0.2, 0.25) is 0 Å². The number of β-amino-alcohol motifs (C(OH)–C–C–N with tert-alkyl or cyclic N) is 1. The van der Waals surface area contributed by atoms with E-state index in [-0.39, 0.29) is 12.1 Å². The maximum atomic E-state index is 14.7. The minimum atomic E-state index is -5.22. The van der Waals surface area contributed by atoms with Crippen LogP contribution in [0.5, 0.6) is 11.5 Å². The van der Waals surface area contributed by atoms with Crippen LogP contribution in [0.3, 0.4) is 0 Å². The summed E-state index contributed by atoms with van der Waals surface area (Å²) >= 11 is 0. The molecular formula is C44H69N9O20S. The summed E-state index contributed by atoms with van der Waals surface area (Å²) in [6.45, 7) is 5.75. The fraction of sp³-hybridized carbons (Fsp3) is 0.682. The summed E-state index contributed by atoms with van der Waals surface area (Å²) in [7, 11) is -1.79. The van der Waals surface area contributed by atoms with Crippen LogP contribution in [0.4, 0.5) is 4.79 Å². The zero-order valence-corrected chi connectivity index (χ0v) is 42.6. The average molecular weight is 1080 g/mol. The molecule has 0 aromatic heterocycles. The molecule has 14 N–H and O–H groups in total. The van der Waals surface area contributed by atoms with Gasteiger partial charge < -0.3 is 91.3 Å². The molecule has 13 atom stereocenters. The van der Waals surface area contributed by atoms with Gasteiger partial charge in [-0.15, -0.1) is 0 Å². The lowest BCUT2D eigenvalue weighted by Crippen LogP contribution is -2.64. The monoisotopic (exact) mass is 1080 g/mol. The number of hydrogen-bond acceptors (Lipinski definition) is 20. The summed E-state index contributed by atoms with van der Waals surface area (Å²) in [5.41, 5.74) is -1.23. The molecule has 3 heterocycles. The number of aliphatic hydroxyl groups is 6. The van der Waals surface area contributed by atoms with Gasteiger partial charge in [-0.1, -0.05) is 13.0 Å². The molecule has 0 bridgehead atoms. The number of likely N-dealkylation sites (N-methyl/N-ethyl adjacent to an activating group) is 1. The van der Waals surface area contributed by atoms with Crippen molar-refractivity contribution < 1.29 is 96.0 Å². The Balaban J connectivity index is 1.88. The standard InChI is InChI=1S/C44H69N9O20S/c1-20-18-53-35(36(20)61)40(65)46-17-23(55)14-25(47-43(68)72-44(3,4)5)37(62)48-32(21(2)54)41(66)52-19-24(56)15-26(52)38(63)49-33(28(58)12-22-8-9-27(57)30(13-22)73-74(69,70)71)39(64)50-34(42(53)67)29(59)16-31(60)45-10-11-51(6)7/h8-9,13,20-21,23-26,28-29,32-36,54-59,61H,10-12,14-19H2,1-7H3,(H,45,60)(H,46,65)(H,47,68)(H,48,62)(H,49,63)(H,50,64)(H,69,70,71)/t20-,21+,23+,24+,25+,26-,28+,29+,32?,33-,34-,35-,36-/m0/s1. The van der Waals surface area contributed by atoms with E-state index in [4.69, 9.17) is 4.74 Å². The first kappa shape index (κ1) is 60.6. The Kier molecular flexibility index (Phi) is 20.9. The smallest absolute Gasteiger partial charge is 0.446 e. The number of nitrogens with zero attached hydrogens (tertiary/aromatic N) is 3.